The molecule has 0 radical (unpaired) electrons. The van der Waals surface area contributed by atoms with Crippen molar-refractivity contribution >= 4 is 23.7 Å². The van der Waals surface area contributed by atoms with Crippen LogP contribution in [0, 0.1) is 0 Å². The van der Waals surface area contributed by atoms with Crippen molar-refractivity contribution in [1.82, 2.24) is 25.1 Å². The van der Waals surface area contributed by atoms with Gasteiger partial charge in [0.25, 0.3) is 0 Å². The van der Waals surface area contributed by atoms with E-state index in [0.29, 0.717) is 17.3 Å². The van der Waals surface area contributed by atoms with Crippen LogP contribution in [0.15, 0.2) is 67.1 Å². The number of aldehydes is 1. The van der Waals surface area contributed by atoms with E-state index in [1.54, 1.807) is 23.1 Å². The Bertz CT molecular complexity index is 1230. The molecule has 9 heteroatoms. The largest absolute Gasteiger partial charge is 0.396 e. The van der Waals surface area contributed by atoms with Crippen molar-refractivity contribution in [3.63, 3.8) is 0 Å². The number of carbonyl (C=O) groups is 1. The van der Waals surface area contributed by atoms with Crippen molar-refractivity contribution < 1.29 is 9.90 Å². The van der Waals surface area contributed by atoms with Gasteiger partial charge in [-0.3, -0.25) is 9.48 Å². The average molecular weight is 474 g/mol. The lowest BCUT2D eigenvalue weighted by atomic mass is 10.0. The fraction of sp³-hybridized carbons (Fsp3) is 0.231. The van der Waals surface area contributed by atoms with Gasteiger partial charge in [0.2, 0.25) is 5.95 Å². The predicted octanol–water partition coefficient (Wildman–Crippen LogP) is 3.00. The Balaban J connectivity index is 0.000000320. The molecule has 2 aromatic carbocycles. The average Bonchev–Trinajstić information content (AvgIpc) is 3.30. The smallest absolute Gasteiger partial charge is 0.229 e. The molecule has 4 rings (SSSR count). The number of aliphatic hydroxyl groups excluding tert-OH is 1. The van der Waals surface area contributed by atoms with Gasteiger partial charge in [-0.15, -0.1) is 0 Å². The summed E-state index contributed by atoms with van der Waals surface area (Å²) in [6.07, 6.45) is 7.63. The molecule has 0 unspecified atom stereocenters. The summed E-state index contributed by atoms with van der Waals surface area (Å²) in [6, 6.07) is 15.5. The Labute approximate surface area is 205 Å². The second kappa shape index (κ2) is 13.0. The molecule has 2 aromatic heterocycles. The molecular formula is C26H31N7O2. The van der Waals surface area contributed by atoms with Crippen molar-refractivity contribution in [1.29, 1.82) is 0 Å². The topological polar surface area (TPSA) is 131 Å². The summed E-state index contributed by atoms with van der Waals surface area (Å²) < 4.78 is 1.70. The number of nitrogens with two attached hydrogens (primary N) is 1. The van der Waals surface area contributed by atoms with Gasteiger partial charge in [-0.05, 0) is 55.8 Å². The van der Waals surface area contributed by atoms with Crippen LogP contribution >= 0.6 is 0 Å². The normalized spacial score (nSPS) is 10.4. The number of likely N-dealkylation sites (N-methyl/N-ethyl adjacent to an activating group) is 1. The van der Waals surface area contributed by atoms with Gasteiger partial charge in [0.1, 0.15) is 12.1 Å². The van der Waals surface area contributed by atoms with Gasteiger partial charge in [0.05, 0.1) is 6.20 Å². The second-order valence-corrected chi connectivity index (χ2v) is 7.86. The quantitative estimate of drug-likeness (QED) is 0.273. The minimum atomic E-state index is 0.240. The summed E-state index contributed by atoms with van der Waals surface area (Å²) in [7, 11) is 3.72. The number of hydrogen-bond acceptors (Lipinski definition) is 8. The Kier molecular flexibility index (Phi) is 9.47. The maximum Gasteiger partial charge on any atom is 0.229 e. The van der Waals surface area contributed by atoms with Gasteiger partial charge in [0.15, 0.2) is 0 Å². The number of nitrogen functional groups attached to an aromatic ring is 1. The molecule has 0 aliphatic rings. The maximum atomic E-state index is 11.2. The zero-order valence-corrected chi connectivity index (χ0v) is 20.0. The van der Waals surface area contributed by atoms with Crippen molar-refractivity contribution in [3.05, 3.63) is 83.8 Å². The minimum absolute atomic E-state index is 0.240. The predicted molar refractivity (Wildman–Crippen MR) is 139 cm³/mol. The summed E-state index contributed by atoms with van der Waals surface area (Å²) in [4.78, 5) is 19.8. The van der Waals surface area contributed by atoms with E-state index in [0.717, 1.165) is 48.1 Å². The number of hydrogen-bond donors (Lipinski definition) is 4. The zero-order valence-electron chi connectivity index (χ0n) is 20.0. The highest BCUT2D eigenvalue weighted by Gasteiger charge is 2.10. The summed E-state index contributed by atoms with van der Waals surface area (Å²) >= 11 is 0. The summed E-state index contributed by atoms with van der Waals surface area (Å²) in [5.74, 6) is 0.768. The van der Waals surface area contributed by atoms with Crippen molar-refractivity contribution in [2.24, 2.45) is 7.05 Å². The van der Waals surface area contributed by atoms with Crippen LogP contribution in [0.2, 0.25) is 0 Å². The van der Waals surface area contributed by atoms with Crippen LogP contribution in [0.5, 0.6) is 0 Å². The molecule has 2 heterocycles. The van der Waals surface area contributed by atoms with E-state index in [1.807, 2.05) is 62.8 Å². The van der Waals surface area contributed by atoms with E-state index in [9.17, 15) is 4.79 Å². The molecule has 5 N–H and O–H groups in total. The van der Waals surface area contributed by atoms with Gasteiger partial charge in [0, 0.05) is 48.4 Å². The molecule has 4 aromatic rings. The first kappa shape index (κ1) is 25.5. The summed E-state index contributed by atoms with van der Waals surface area (Å²) in [5.41, 5.74) is 11.3. The van der Waals surface area contributed by atoms with Crippen LogP contribution in [0.3, 0.4) is 0 Å². The van der Waals surface area contributed by atoms with Gasteiger partial charge >= 0.3 is 0 Å². The Morgan fingerprint density at radius 3 is 2.54 bits per heavy atom. The number of benzene rings is 2. The monoisotopic (exact) mass is 473 g/mol. The molecule has 0 fully saturated rings. The van der Waals surface area contributed by atoms with Crippen LogP contribution in [0.1, 0.15) is 21.5 Å². The molecule has 0 bridgehead atoms. The lowest BCUT2D eigenvalue weighted by molar-refractivity contribution is 0.112. The molecule has 0 saturated heterocycles. The van der Waals surface area contributed by atoms with Gasteiger partial charge in [-0.25, -0.2) is 4.98 Å². The van der Waals surface area contributed by atoms with E-state index in [2.05, 4.69) is 25.7 Å². The fourth-order valence-electron chi connectivity index (χ4n) is 3.42. The fourth-order valence-corrected chi connectivity index (χ4v) is 3.42. The Morgan fingerprint density at radius 1 is 1.11 bits per heavy atom. The van der Waals surface area contributed by atoms with Crippen LogP contribution in [0.25, 0.3) is 11.1 Å². The highest BCUT2D eigenvalue weighted by atomic mass is 16.3. The SMILES string of the molecule is CNCCc1cc(Nc2ncc(-c3cnn(C)c3)c(N)n2)ccc1C=O.OCCc1ccccc1. The molecule has 182 valence electrons. The van der Waals surface area contributed by atoms with Crippen molar-refractivity contribution in [2.45, 2.75) is 12.8 Å². The molecule has 0 spiro atoms. The number of anilines is 3. The van der Waals surface area contributed by atoms with Gasteiger partial charge < -0.3 is 21.5 Å². The third-order valence-corrected chi connectivity index (χ3v) is 5.25. The van der Waals surface area contributed by atoms with Crippen LogP contribution in [-0.2, 0) is 19.9 Å². The van der Waals surface area contributed by atoms with Gasteiger partial charge in [-0.2, -0.15) is 10.1 Å². The first-order valence-electron chi connectivity index (χ1n) is 11.3. The summed E-state index contributed by atoms with van der Waals surface area (Å²) in [6.45, 7) is 1.03. The van der Waals surface area contributed by atoms with E-state index in [1.165, 1.54) is 5.56 Å². The number of rotatable bonds is 9. The molecule has 35 heavy (non-hydrogen) atoms. The van der Waals surface area contributed by atoms with Gasteiger partial charge in [-0.1, -0.05) is 30.3 Å². The number of nitrogens with zero attached hydrogens (tertiary/aromatic N) is 4. The first-order chi connectivity index (χ1) is 17.0. The summed E-state index contributed by atoms with van der Waals surface area (Å²) in [5, 5.41) is 18.9. The minimum Gasteiger partial charge on any atom is -0.396 e. The molecule has 0 amide bonds. The highest BCUT2D eigenvalue weighted by molar-refractivity contribution is 5.79. The van der Waals surface area contributed by atoms with E-state index in [-0.39, 0.29) is 6.61 Å². The third kappa shape index (κ3) is 7.46. The lowest BCUT2D eigenvalue weighted by Gasteiger charge is -2.10. The second-order valence-electron chi connectivity index (χ2n) is 7.86. The molecule has 9 nitrogen and oxygen atoms in total. The molecule has 0 saturated carbocycles. The van der Waals surface area contributed by atoms with E-state index in [4.69, 9.17) is 10.8 Å². The Hall–Kier alpha value is -4.08. The molecular weight excluding hydrogens is 442 g/mol. The number of carbonyl (C=O) groups excluding carboxylic acids is 1. The van der Waals surface area contributed by atoms with E-state index < -0.39 is 0 Å². The first-order valence-corrected chi connectivity index (χ1v) is 11.3. The van der Waals surface area contributed by atoms with Crippen LogP contribution < -0.4 is 16.4 Å². The molecule has 0 aliphatic carbocycles. The van der Waals surface area contributed by atoms with Crippen molar-refractivity contribution in [2.75, 3.05) is 31.2 Å². The number of nitrogens with one attached hydrogen (secondary N) is 2. The zero-order chi connectivity index (χ0) is 25.0. The van der Waals surface area contributed by atoms with Crippen LogP contribution in [-0.4, -0.2) is 51.3 Å². The highest BCUT2D eigenvalue weighted by Crippen LogP contribution is 2.25. The molecule has 0 aliphatic heterocycles. The Morgan fingerprint density at radius 2 is 1.91 bits per heavy atom. The van der Waals surface area contributed by atoms with Crippen molar-refractivity contribution in [3.8, 4) is 11.1 Å². The number of aliphatic hydroxyl groups is 1. The lowest BCUT2D eigenvalue weighted by Crippen LogP contribution is -2.11. The van der Waals surface area contributed by atoms with E-state index >= 15 is 0 Å². The number of aryl methyl sites for hydroxylation is 1. The molecule has 0 atom stereocenters. The van der Waals surface area contributed by atoms with Crippen LogP contribution in [0.4, 0.5) is 17.5 Å². The standard InChI is InChI=1S/C18H21N7O.C8H10O/c1-20-6-5-12-7-15(4-3-13(12)11-26)23-18-21-9-16(17(19)24-18)14-8-22-25(2)10-14;9-7-6-8-4-2-1-3-5-8/h3-4,7-11,20H,5-6H2,1-2H3,(H3,19,21,23,24);1-5,9H,6-7H2. The number of aromatic nitrogens is 4. The third-order valence-electron chi connectivity index (χ3n) is 5.25. The maximum absolute atomic E-state index is 11.2.